The van der Waals surface area contributed by atoms with E-state index in [0.717, 1.165) is 29.7 Å². The van der Waals surface area contributed by atoms with Crippen LogP contribution in [-0.2, 0) is 22.5 Å². The standard InChI is InChI=1S/C35H56NO3/c1-5-6-7-8-9-10-11-12-13-14-16-20-32-23-25-34(26-24-32)38-27-19-28-39-35(37)31(2)29-36(3,4)30-33-21-17-15-18-22-33/h15,17-18,21-26,31H,5-14,16,19-20,27-30H2,1-4H3/q+1. The first-order valence-corrected chi connectivity index (χ1v) is 15.6. The fourth-order valence-corrected chi connectivity index (χ4v) is 5.27. The average Bonchev–Trinajstić information content (AvgIpc) is 2.92. The number of nitrogens with zero attached hydrogens (tertiary/aromatic N) is 1. The second-order valence-electron chi connectivity index (χ2n) is 12.0. The highest BCUT2D eigenvalue weighted by Crippen LogP contribution is 2.17. The molecule has 0 aliphatic heterocycles. The molecule has 0 bridgehead atoms. The molecule has 0 aliphatic carbocycles. The van der Waals surface area contributed by atoms with Gasteiger partial charge in [-0.2, -0.15) is 0 Å². The maximum atomic E-state index is 12.5. The summed E-state index contributed by atoms with van der Waals surface area (Å²) in [6, 6.07) is 18.9. The molecule has 1 unspecified atom stereocenters. The summed E-state index contributed by atoms with van der Waals surface area (Å²) in [5.41, 5.74) is 2.66. The van der Waals surface area contributed by atoms with E-state index in [-0.39, 0.29) is 11.9 Å². The van der Waals surface area contributed by atoms with E-state index in [0.29, 0.717) is 19.6 Å². The summed E-state index contributed by atoms with van der Waals surface area (Å²) >= 11 is 0. The number of quaternary nitrogens is 1. The lowest BCUT2D eigenvalue weighted by atomic mass is 10.0. The Balaban J connectivity index is 1.49. The SMILES string of the molecule is CCCCCCCCCCCCCc1ccc(OCCCOC(=O)C(C)C[N+](C)(C)Cc2ccccc2)cc1. The molecule has 2 aromatic rings. The first-order valence-electron chi connectivity index (χ1n) is 15.6. The summed E-state index contributed by atoms with van der Waals surface area (Å²) in [5.74, 6) is 0.621. The maximum Gasteiger partial charge on any atom is 0.314 e. The van der Waals surface area contributed by atoms with Crippen LogP contribution in [0.3, 0.4) is 0 Å². The molecule has 0 spiro atoms. The van der Waals surface area contributed by atoms with Crippen LogP contribution in [0.5, 0.6) is 5.75 Å². The van der Waals surface area contributed by atoms with Crippen molar-refractivity contribution in [2.45, 2.75) is 104 Å². The molecule has 0 heterocycles. The van der Waals surface area contributed by atoms with Gasteiger partial charge in [0.05, 0.1) is 33.9 Å². The van der Waals surface area contributed by atoms with Crippen LogP contribution in [0.1, 0.15) is 102 Å². The number of carbonyl (C=O) groups is 1. The summed E-state index contributed by atoms with van der Waals surface area (Å²) in [5, 5.41) is 0. The van der Waals surface area contributed by atoms with Crippen molar-refractivity contribution in [1.29, 1.82) is 0 Å². The van der Waals surface area contributed by atoms with Gasteiger partial charge >= 0.3 is 5.97 Å². The van der Waals surface area contributed by atoms with E-state index >= 15 is 0 Å². The number of carbonyl (C=O) groups excluding carboxylic acids is 1. The van der Waals surface area contributed by atoms with E-state index in [1.165, 1.54) is 81.8 Å². The third-order valence-corrected chi connectivity index (χ3v) is 7.42. The molecule has 2 aromatic carbocycles. The number of hydrogen-bond acceptors (Lipinski definition) is 3. The Hall–Kier alpha value is -2.33. The summed E-state index contributed by atoms with van der Waals surface area (Å²) < 4.78 is 12.1. The van der Waals surface area contributed by atoms with Gasteiger partial charge in [-0.3, -0.25) is 4.79 Å². The molecule has 2 rings (SSSR count). The number of esters is 1. The van der Waals surface area contributed by atoms with Gasteiger partial charge in [-0.1, -0.05) is 114 Å². The van der Waals surface area contributed by atoms with Crippen molar-refractivity contribution < 1.29 is 18.8 Å². The first-order chi connectivity index (χ1) is 18.9. The zero-order chi connectivity index (χ0) is 28.2. The largest absolute Gasteiger partial charge is 0.493 e. The van der Waals surface area contributed by atoms with Crippen LogP contribution in [0.4, 0.5) is 0 Å². The maximum absolute atomic E-state index is 12.5. The molecule has 0 radical (unpaired) electrons. The zero-order valence-electron chi connectivity index (χ0n) is 25.5. The lowest BCUT2D eigenvalue weighted by molar-refractivity contribution is -0.905. The molecular weight excluding hydrogens is 482 g/mol. The molecule has 0 amide bonds. The second-order valence-corrected chi connectivity index (χ2v) is 12.0. The van der Waals surface area contributed by atoms with Crippen LogP contribution in [0, 0.1) is 5.92 Å². The predicted molar refractivity (Wildman–Crippen MR) is 164 cm³/mol. The van der Waals surface area contributed by atoms with Gasteiger partial charge in [-0.25, -0.2) is 0 Å². The molecule has 0 aromatic heterocycles. The van der Waals surface area contributed by atoms with Crippen LogP contribution >= 0.6 is 0 Å². The highest BCUT2D eigenvalue weighted by Gasteiger charge is 2.25. The van der Waals surface area contributed by atoms with Crippen molar-refractivity contribution in [3.63, 3.8) is 0 Å². The van der Waals surface area contributed by atoms with Crippen molar-refractivity contribution in [3.8, 4) is 5.75 Å². The molecule has 0 fully saturated rings. The lowest BCUT2D eigenvalue weighted by Gasteiger charge is -2.31. The molecule has 0 aliphatic rings. The Bertz CT molecular complexity index is 879. The van der Waals surface area contributed by atoms with Gasteiger partial charge in [-0.05, 0) is 37.5 Å². The zero-order valence-corrected chi connectivity index (χ0v) is 25.5. The van der Waals surface area contributed by atoms with E-state index in [2.05, 4.69) is 69.6 Å². The highest BCUT2D eigenvalue weighted by molar-refractivity contribution is 5.72. The number of aryl methyl sites for hydroxylation is 1. The molecule has 1 atom stereocenters. The molecule has 0 saturated carbocycles. The molecule has 0 saturated heterocycles. The minimum absolute atomic E-state index is 0.124. The number of rotatable bonds is 22. The van der Waals surface area contributed by atoms with Crippen molar-refractivity contribution in [1.82, 2.24) is 0 Å². The number of hydrogen-bond donors (Lipinski definition) is 0. The Morgan fingerprint density at radius 1 is 0.718 bits per heavy atom. The lowest BCUT2D eigenvalue weighted by Crippen LogP contribution is -2.44. The van der Waals surface area contributed by atoms with Crippen molar-refractivity contribution >= 4 is 5.97 Å². The third kappa shape index (κ3) is 15.8. The van der Waals surface area contributed by atoms with Crippen LogP contribution in [-0.4, -0.2) is 44.3 Å². The third-order valence-electron chi connectivity index (χ3n) is 7.42. The summed E-state index contributed by atoms with van der Waals surface area (Å²) in [6.07, 6.45) is 17.0. The van der Waals surface area contributed by atoms with Gasteiger partial charge in [0.2, 0.25) is 0 Å². The van der Waals surface area contributed by atoms with Gasteiger partial charge in [-0.15, -0.1) is 0 Å². The van der Waals surface area contributed by atoms with Crippen LogP contribution in [0.15, 0.2) is 54.6 Å². The first kappa shape index (κ1) is 32.9. The molecule has 4 heteroatoms. The smallest absolute Gasteiger partial charge is 0.314 e. The summed E-state index contributed by atoms with van der Waals surface area (Å²) in [4.78, 5) is 12.5. The van der Waals surface area contributed by atoms with Crippen LogP contribution in [0.2, 0.25) is 0 Å². The Kier molecular flexibility index (Phi) is 16.6. The second kappa shape index (κ2) is 19.7. The minimum atomic E-state index is -0.141. The van der Waals surface area contributed by atoms with Crippen molar-refractivity contribution in [3.05, 3.63) is 65.7 Å². The molecular formula is C35H56NO3+. The van der Waals surface area contributed by atoms with E-state index in [9.17, 15) is 4.79 Å². The Labute approximate surface area is 239 Å². The van der Waals surface area contributed by atoms with Gasteiger partial charge in [0, 0.05) is 12.0 Å². The molecule has 4 nitrogen and oxygen atoms in total. The quantitative estimate of drug-likeness (QED) is 0.0854. The fraction of sp³-hybridized carbons (Fsp3) is 0.629. The molecule has 0 N–H and O–H groups in total. The Morgan fingerprint density at radius 2 is 1.31 bits per heavy atom. The van der Waals surface area contributed by atoms with Gasteiger partial charge in [0.25, 0.3) is 0 Å². The van der Waals surface area contributed by atoms with E-state index in [1.54, 1.807) is 0 Å². The minimum Gasteiger partial charge on any atom is -0.493 e. The molecule has 218 valence electrons. The predicted octanol–water partition coefficient (Wildman–Crippen LogP) is 8.76. The average molecular weight is 539 g/mol. The van der Waals surface area contributed by atoms with Crippen LogP contribution < -0.4 is 4.74 Å². The molecule has 39 heavy (non-hydrogen) atoms. The van der Waals surface area contributed by atoms with Gasteiger partial charge < -0.3 is 14.0 Å². The normalized spacial score (nSPS) is 12.3. The highest BCUT2D eigenvalue weighted by atomic mass is 16.5. The van der Waals surface area contributed by atoms with E-state index in [1.807, 2.05) is 13.0 Å². The van der Waals surface area contributed by atoms with Crippen molar-refractivity contribution in [2.24, 2.45) is 5.92 Å². The van der Waals surface area contributed by atoms with Gasteiger partial charge in [0.1, 0.15) is 18.2 Å². The van der Waals surface area contributed by atoms with E-state index < -0.39 is 0 Å². The van der Waals surface area contributed by atoms with Crippen LogP contribution in [0.25, 0.3) is 0 Å². The monoisotopic (exact) mass is 538 g/mol. The van der Waals surface area contributed by atoms with Gasteiger partial charge in [0.15, 0.2) is 0 Å². The van der Waals surface area contributed by atoms with Crippen molar-refractivity contribution in [2.75, 3.05) is 33.9 Å². The number of ether oxygens (including phenoxy) is 2. The number of unbranched alkanes of at least 4 members (excludes halogenated alkanes) is 10. The summed E-state index contributed by atoms with van der Waals surface area (Å²) in [6.45, 7) is 6.83. The Morgan fingerprint density at radius 3 is 1.92 bits per heavy atom. The summed E-state index contributed by atoms with van der Waals surface area (Å²) in [7, 11) is 4.32. The van der Waals surface area contributed by atoms with E-state index in [4.69, 9.17) is 9.47 Å². The fourth-order valence-electron chi connectivity index (χ4n) is 5.27. The number of benzene rings is 2. The topological polar surface area (TPSA) is 35.5 Å².